The van der Waals surface area contributed by atoms with E-state index in [2.05, 4.69) is 46.6 Å². The molecule has 1 N–H and O–H groups in total. The van der Waals surface area contributed by atoms with Crippen molar-refractivity contribution in [3.63, 3.8) is 0 Å². The average molecular weight is 216 g/mol. The number of aromatic nitrogens is 3. The van der Waals surface area contributed by atoms with Crippen molar-refractivity contribution in [2.24, 2.45) is 7.05 Å². The van der Waals surface area contributed by atoms with Crippen LogP contribution in [0.4, 0.5) is 0 Å². The number of nitrogens with one attached hydrogen (secondary N) is 1. The minimum atomic E-state index is 0.318. The van der Waals surface area contributed by atoms with E-state index in [1.54, 1.807) is 11.0 Å². The molecule has 1 atom stereocenters. The quantitative estimate of drug-likeness (QED) is 0.845. The number of rotatable bonds is 4. The maximum Gasteiger partial charge on any atom is 0.140 e. The smallest absolute Gasteiger partial charge is 0.140 e. The van der Waals surface area contributed by atoms with Gasteiger partial charge >= 0.3 is 0 Å². The molecule has 0 unspecified atom stereocenters. The minimum Gasteiger partial charge on any atom is -0.303 e. The van der Waals surface area contributed by atoms with Crippen LogP contribution in [0.15, 0.2) is 36.7 Å². The van der Waals surface area contributed by atoms with Gasteiger partial charge in [0.1, 0.15) is 12.2 Å². The summed E-state index contributed by atoms with van der Waals surface area (Å²) >= 11 is 0. The Morgan fingerprint density at radius 2 is 2.06 bits per heavy atom. The fourth-order valence-corrected chi connectivity index (χ4v) is 1.58. The van der Waals surface area contributed by atoms with Crippen molar-refractivity contribution < 1.29 is 0 Å². The molecule has 0 fully saturated rings. The first-order chi connectivity index (χ1) is 7.77. The van der Waals surface area contributed by atoms with Crippen LogP contribution in [-0.2, 0) is 13.6 Å². The van der Waals surface area contributed by atoms with Gasteiger partial charge in [-0.15, -0.1) is 0 Å². The summed E-state index contributed by atoms with van der Waals surface area (Å²) in [6, 6.07) is 10.7. The van der Waals surface area contributed by atoms with Crippen LogP contribution in [0.1, 0.15) is 24.4 Å². The van der Waals surface area contributed by atoms with Gasteiger partial charge in [-0.25, -0.2) is 4.98 Å². The largest absolute Gasteiger partial charge is 0.303 e. The Morgan fingerprint density at radius 1 is 1.31 bits per heavy atom. The van der Waals surface area contributed by atoms with E-state index >= 15 is 0 Å². The molecule has 2 aromatic rings. The lowest BCUT2D eigenvalue weighted by atomic mass is 10.1. The summed E-state index contributed by atoms with van der Waals surface area (Å²) in [5.41, 5.74) is 1.28. The highest BCUT2D eigenvalue weighted by atomic mass is 15.3. The number of hydrogen-bond donors (Lipinski definition) is 1. The maximum absolute atomic E-state index is 4.17. The van der Waals surface area contributed by atoms with E-state index in [1.807, 2.05) is 13.1 Å². The first-order valence-corrected chi connectivity index (χ1v) is 5.38. The zero-order chi connectivity index (χ0) is 11.4. The fourth-order valence-electron chi connectivity index (χ4n) is 1.58. The summed E-state index contributed by atoms with van der Waals surface area (Å²) in [5.74, 6) is 0.947. The minimum absolute atomic E-state index is 0.318. The van der Waals surface area contributed by atoms with Crippen molar-refractivity contribution in [3.05, 3.63) is 48.0 Å². The Morgan fingerprint density at radius 3 is 2.69 bits per heavy atom. The summed E-state index contributed by atoms with van der Waals surface area (Å²) in [6.45, 7) is 2.87. The molecular formula is C12H16N4. The molecule has 1 aromatic carbocycles. The van der Waals surface area contributed by atoms with Crippen molar-refractivity contribution >= 4 is 0 Å². The molecule has 1 aromatic heterocycles. The van der Waals surface area contributed by atoms with Crippen molar-refractivity contribution in [2.75, 3.05) is 0 Å². The number of nitrogens with zero attached hydrogens (tertiary/aromatic N) is 3. The molecular weight excluding hydrogens is 200 g/mol. The second kappa shape index (κ2) is 4.90. The van der Waals surface area contributed by atoms with Crippen LogP contribution >= 0.6 is 0 Å². The topological polar surface area (TPSA) is 42.7 Å². The second-order valence-electron chi connectivity index (χ2n) is 3.81. The Hall–Kier alpha value is -1.68. The number of hydrogen-bond acceptors (Lipinski definition) is 3. The lowest BCUT2D eigenvalue weighted by molar-refractivity contribution is 0.540. The number of aryl methyl sites for hydroxylation is 1. The van der Waals surface area contributed by atoms with Gasteiger partial charge < -0.3 is 5.32 Å². The van der Waals surface area contributed by atoms with Gasteiger partial charge in [-0.05, 0) is 12.5 Å². The predicted octanol–water partition coefficient (Wildman–Crippen LogP) is 1.67. The lowest BCUT2D eigenvalue weighted by Gasteiger charge is -2.13. The molecule has 16 heavy (non-hydrogen) atoms. The van der Waals surface area contributed by atoms with Gasteiger partial charge in [0.25, 0.3) is 0 Å². The van der Waals surface area contributed by atoms with Gasteiger partial charge in [-0.3, -0.25) is 4.68 Å². The summed E-state index contributed by atoms with van der Waals surface area (Å²) in [5, 5.41) is 7.45. The Bertz CT molecular complexity index is 435. The Labute approximate surface area is 95.3 Å². The summed E-state index contributed by atoms with van der Waals surface area (Å²) in [6.07, 6.45) is 1.57. The van der Waals surface area contributed by atoms with Crippen LogP contribution in [0.5, 0.6) is 0 Å². The van der Waals surface area contributed by atoms with Crippen LogP contribution in [0.3, 0.4) is 0 Å². The molecule has 0 aliphatic carbocycles. The summed E-state index contributed by atoms with van der Waals surface area (Å²) in [7, 11) is 1.90. The SMILES string of the molecule is C[C@@H](NCc1ncnn1C)c1ccccc1. The highest BCUT2D eigenvalue weighted by Crippen LogP contribution is 2.11. The Balaban J connectivity index is 1.94. The van der Waals surface area contributed by atoms with E-state index in [1.165, 1.54) is 5.56 Å². The van der Waals surface area contributed by atoms with E-state index in [0.29, 0.717) is 6.04 Å². The molecule has 1 heterocycles. The standard InChI is InChI=1S/C12H16N4/c1-10(11-6-4-3-5-7-11)13-8-12-14-9-15-16(12)2/h3-7,9-10,13H,8H2,1-2H3/t10-/m1/s1. The first-order valence-electron chi connectivity index (χ1n) is 5.38. The van der Waals surface area contributed by atoms with Crippen LogP contribution in [0, 0.1) is 0 Å². The van der Waals surface area contributed by atoms with Gasteiger partial charge in [-0.1, -0.05) is 30.3 Å². The van der Waals surface area contributed by atoms with Crippen LogP contribution in [-0.4, -0.2) is 14.8 Å². The molecule has 4 heteroatoms. The highest BCUT2D eigenvalue weighted by Gasteiger charge is 2.05. The molecule has 0 saturated heterocycles. The molecule has 0 aliphatic heterocycles. The molecule has 0 bridgehead atoms. The van der Waals surface area contributed by atoms with E-state index in [-0.39, 0.29) is 0 Å². The lowest BCUT2D eigenvalue weighted by Crippen LogP contribution is -2.20. The van der Waals surface area contributed by atoms with Gasteiger partial charge in [0.2, 0.25) is 0 Å². The first kappa shape index (κ1) is 10.8. The Kier molecular flexibility index (Phi) is 3.31. The van der Waals surface area contributed by atoms with Crippen molar-refractivity contribution in [1.29, 1.82) is 0 Å². The molecule has 0 spiro atoms. The fraction of sp³-hybridized carbons (Fsp3) is 0.333. The van der Waals surface area contributed by atoms with Gasteiger partial charge in [-0.2, -0.15) is 5.10 Å². The molecule has 0 saturated carbocycles. The van der Waals surface area contributed by atoms with E-state index in [9.17, 15) is 0 Å². The van der Waals surface area contributed by atoms with Crippen molar-refractivity contribution in [1.82, 2.24) is 20.1 Å². The monoisotopic (exact) mass is 216 g/mol. The third-order valence-electron chi connectivity index (χ3n) is 2.67. The predicted molar refractivity (Wildman–Crippen MR) is 62.7 cm³/mol. The molecule has 84 valence electrons. The molecule has 0 radical (unpaired) electrons. The molecule has 4 nitrogen and oxygen atoms in total. The van der Waals surface area contributed by atoms with E-state index in [4.69, 9.17) is 0 Å². The van der Waals surface area contributed by atoms with E-state index in [0.717, 1.165) is 12.4 Å². The highest BCUT2D eigenvalue weighted by molar-refractivity contribution is 5.18. The van der Waals surface area contributed by atoms with Crippen molar-refractivity contribution in [3.8, 4) is 0 Å². The molecule has 2 rings (SSSR count). The van der Waals surface area contributed by atoms with Crippen LogP contribution < -0.4 is 5.32 Å². The third-order valence-corrected chi connectivity index (χ3v) is 2.67. The molecule has 0 aliphatic rings. The van der Waals surface area contributed by atoms with Gasteiger partial charge in [0.05, 0.1) is 6.54 Å². The summed E-state index contributed by atoms with van der Waals surface area (Å²) < 4.78 is 1.78. The van der Waals surface area contributed by atoms with Gasteiger partial charge in [0, 0.05) is 13.1 Å². The maximum atomic E-state index is 4.17. The third kappa shape index (κ3) is 2.46. The second-order valence-corrected chi connectivity index (χ2v) is 3.81. The summed E-state index contributed by atoms with van der Waals surface area (Å²) in [4.78, 5) is 4.17. The van der Waals surface area contributed by atoms with Gasteiger partial charge in [0.15, 0.2) is 0 Å². The van der Waals surface area contributed by atoms with Crippen LogP contribution in [0.2, 0.25) is 0 Å². The zero-order valence-corrected chi connectivity index (χ0v) is 9.59. The normalized spacial score (nSPS) is 12.6. The van der Waals surface area contributed by atoms with Crippen molar-refractivity contribution in [2.45, 2.75) is 19.5 Å². The van der Waals surface area contributed by atoms with E-state index < -0.39 is 0 Å². The number of benzene rings is 1. The average Bonchev–Trinajstić information content (AvgIpc) is 2.73. The molecule has 0 amide bonds. The van der Waals surface area contributed by atoms with Crippen LogP contribution in [0.25, 0.3) is 0 Å². The zero-order valence-electron chi connectivity index (χ0n) is 9.59.